The van der Waals surface area contributed by atoms with Gasteiger partial charge < -0.3 is 15.2 Å². The van der Waals surface area contributed by atoms with E-state index in [1.54, 1.807) is 34.2 Å². The monoisotopic (exact) mass is 364 g/mol. The molecule has 1 aliphatic rings. The van der Waals surface area contributed by atoms with Crippen LogP contribution in [-0.2, 0) is 6.54 Å². The van der Waals surface area contributed by atoms with Gasteiger partial charge in [0.2, 0.25) is 0 Å². The molecule has 1 aliphatic heterocycles. The number of aromatic nitrogens is 4. The lowest BCUT2D eigenvalue weighted by molar-refractivity contribution is 0.0787. The lowest BCUT2D eigenvalue weighted by atomic mass is 10.2. The van der Waals surface area contributed by atoms with E-state index in [1.165, 1.54) is 0 Å². The van der Waals surface area contributed by atoms with E-state index in [1.807, 2.05) is 24.4 Å². The molecule has 0 unspecified atom stereocenters. The number of nitrogens with one attached hydrogen (secondary N) is 2. The molecule has 0 spiro atoms. The molecule has 138 valence electrons. The fourth-order valence-corrected chi connectivity index (χ4v) is 3.12. The minimum Gasteiger partial charge on any atom is -0.356 e. The van der Waals surface area contributed by atoms with Crippen molar-refractivity contribution in [1.82, 2.24) is 30.0 Å². The van der Waals surface area contributed by atoms with Gasteiger partial charge in [0.15, 0.2) is 5.82 Å². The molecule has 27 heavy (non-hydrogen) atoms. The van der Waals surface area contributed by atoms with E-state index in [0.29, 0.717) is 23.6 Å². The first-order valence-electron chi connectivity index (χ1n) is 8.91. The molecular weight excluding hydrogens is 344 g/mol. The summed E-state index contributed by atoms with van der Waals surface area (Å²) < 4.78 is 1.66. The van der Waals surface area contributed by atoms with Crippen molar-refractivity contribution in [3.63, 3.8) is 0 Å². The Balaban J connectivity index is 1.38. The topological polar surface area (TPSA) is 95.9 Å². The average molecular weight is 364 g/mol. The Morgan fingerprint density at radius 3 is 2.81 bits per heavy atom. The summed E-state index contributed by atoms with van der Waals surface area (Å²) in [6, 6.07) is 7.14. The van der Waals surface area contributed by atoms with E-state index in [9.17, 15) is 9.59 Å². The van der Waals surface area contributed by atoms with Crippen molar-refractivity contribution in [2.45, 2.75) is 19.4 Å². The maximum Gasteiger partial charge on any atom is 0.270 e. The molecule has 4 heterocycles. The molecule has 0 bridgehead atoms. The Labute approximate surface area is 156 Å². The third-order valence-corrected chi connectivity index (χ3v) is 4.57. The predicted octanol–water partition coefficient (Wildman–Crippen LogP) is 1.76. The van der Waals surface area contributed by atoms with E-state index in [-0.39, 0.29) is 11.8 Å². The van der Waals surface area contributed by atoms with Gasteiger partial charge in [-0.3, -0.25) is 9.59 Å². The Morgan fingerprint density at radius 2 is 2.04 bits per heavy atom. The zero-order chi connectivity index (χ0) is 18.6. The van der Waals surface area contributed by atoms with Crippen LogP contribution in [0.2, 0.25) is 0 Å². The number of amides is 2. The van der Waals surface area contributed by atoms with Gasteiger partial charge in [-0.1, -0.05) is 0 Å². The second kappa shape index (κ2) is 7.45. The molecule has 3 aromatic rings. The van der Waals surface area contributed by atoms with Gasteiger partial charge in [0, 0.05) is 44.4 Å². The summed E-state index contributed by atoms with van der Waals surface area (Å²) in [7, 11) is 0. The number of hydrogen-bond donors (Lipinski definition) is 2. The van der Waals surface area contributed by atoms with Crippen LogP contribution < -0.4 is 5.32 Å². The maximum absolute atomic E-state index is 12.4. The SMILES string of the molecule is O=C(NCc1ccnc(-n2cccn2)c1)c1c[nH]c(C(=O)N2CCCC2)c1. The number of H-pyrrole nitrogens is 1. The van der Waals surface area contributed by atoms with E-state index in [0.717, 1.165) is 31.5 Å². The summed E-state index contributed by atoms with van der Waals surface area (Å²) in [6.07, 6.45) is 8.81. The second-order valence-corrected chi connectivity index (χ2v) is 6.46. The van der Waals surface area contributed by atoms with Gasteiger partial charge >= 0.3 is 0 Å². The first-order valence-corrected chi connectivity index (χ1v) is 8.91. The van der Waals surface area contributed by atoms with Gasteiger partial charge in [-0.2, -0.15) is 5.10 Å². The molecule has 0 atom stereocenters. The summed E-state index contributed by atoms with van der Waals surface area (Å²) in [6.45, 7) is 1.91. The Bertz CT molecular complexity index is 941. The van der Waals surface area contributed by atoms with Crippen LogP contribution in [0, 0.1) is 0 Å². The highest BCUT2D eigenvalue weighted by Crippen LogP contribution is 2.13. The standard InChI is InChI=1S/C19H20N6O2/c26-18(15-11-16(21-13-15)19(27)24-7-1-2-8-24)22-12-14-4-6-20-17(10-14)25-9-3-5-23-25/h3-6,9-11,13,21H,1-2,7-8,12H2,(H,22,26). The number of rotatable bonds is 5. The van der Waals surface area contributed by atoms with Crippen molar-refractivity contribution in [1.29, 1.82) is 0 Å². The lowest BCUT2D eigenvalue weighted by Crippen LogP contribution is -2.27. The van der Waals surface area contributed by atoms with E-state index in [4.69, 9.17) is 0 Å². The molecule has 2 N–H and O–H groups in total. The van der Waals surface area contributed by atoms with Crippen LogP contribution in [0.25, 0.3) is 5.82 Å². The minimum absolute atomic E-state index is 0.0513. The van der Waals surface area contributed by atoms with E-state index < -0.39 is 0 Å². The van der Waals surface area contributed by atoms with Crippen LogP contribution in [0.1, 0.15) is 39.3 Å². The van der Waals surface area contributed by atoms with Crippen molar-refractivity contribution in [3.05, 3.63) is 65.9 Å². The summed E-state index contributed by atoms with van der Waals surface area (Å²) in [5.74, 6) is 0.403. The molecular formula is C19H20N6O2. The number of hydrogen-bond acceptors (Lipinski definition) is 4. The molecule has 8 heteroatoms. The zero-order valence-corrected chi connectivity index (χ0v) is 14.8. The lowest BCUT2D eigenvalue weighted by Gasteiger charge is -2.13. The summed E-state index contributed by atoms with van der Waals surface area (Å²) >= 11 is 0. The van der Waals surface area contributed by atoms with Crippen molar-refractivity contribution >= 4 is 11.8 Å². The normalized spacial score (nSPS) is 13.7. The van der Waals surface area contributed by atoms with Gasteiger partial charge in [-0.15, -0.1) is 0 Å². The molecule has 0 radical (unpaired) electrons. The number of aromatic amines is 1. The van der Waals surface area contributed by atoms with Crippen LogP contribution in [0.3, 0.4) is 0 Å². The molecule has 2 amide bonds. The first-order chi connectivity index (χ1) is 13.2. The number of nitrogens with zero attached hydrogens (tertiary/aromatic N) is 4. The molecule has 1 fully saturated rings. The largest absolute Gasteiger partial charge is 0.356 e. The molecule has 0 saturated carbocycles. The van der Waals surface area contributed by atoms with Crippen molar-refractivity contribution in [2.24, 2.45) is 0 Å². The van der Waals surface area contributed by atoms with Crippen molar-refractivity contribution < 1.29 is 9.59 Å². The van der Waals surface area contributed by atoms with Crippen LogP contribution in [0.5, 0.6) is 0 Å². The van der Waals surface area contributed by atoms with Crippen LogP contribution >= 0.6 is 0 Å². The second-order valence-electron chi connectivity index (χ2n) is 6.46. The minimum atomic E-state index is -0.232. The van der Waals surface area contributed by atoms with Crippen LogP contribution in [-0.4, -0.2) is 49.6 Å². The van der Waals surface area contributed by atoms with Gasteiger partial charge in [0.05, 0.1) is 5.56 Å². The van der Waals surface area contributed by atoms with Crippen molar-refractivity contribution in [3.8, 4) is 5.82 Å². The average Bonchev–Trinajstić information content (AvgIpc) is 3.47. The maximum atomic E-state index is 12.4. The van der Waals surface area contributed by atoms with Gasteiger partial charge in [-0.05, 0) is 42.7 Å². The molecule has 0 aliphatic carbocycles. The number of carbonyl (C=O) groups is 2. The number of pyridine rings is 1. The Kier molecular flexibility index (Phi) is 4.69. The van der Waals surface area contributed by atoms with E-state index in [2.05, 4.69) is 20.4 Å². The van der Waals surface area contributed by atoms with Gasteiger partial charge in [0.25, 0.3) is 11.8 Å². The molecule has 4 rings (SSSR count). The summed E-state index contributed by atoms with van der Waals surface area (Å²) in [5, 5.41) is 7.02. The smallest absolute Gasteiger partial charge is 0.270 e. The summed E-state index contributed by atoms with van der Waals surface area (Å²) in [5.41, 5.74) is 1.80. The predicted molar refractivity (Wildman–Crippen MR) is 98.5 cm³/mol. The Morgan fingerprint density at radius 1 is 1.19 bits per heavy atom. The third kappa shape index (κ3) is 3.74. The fourth-order valence-electron chi connectivity index (χ4n) is 3.12. The molecule has 0 aromatic carbocycles. The van der Waals surface area contributed by atoms with Gasteiger partial charge in [-0.25, -0.2) is 9.67 Å². The quantitative estimate of drug-likeness (QED) is 0.721. The van der Waals surface area contributed by atoms with Crippen LogP contribution in [0.4, 0.5) is 0 Å². The number of carbonyl (C=O) groups excluding carboxylic acids is 2. The zero-order valence-electron chi connectivity index (χ0n) is 14.8. The van der Waals surface area contributed by atoms with E-state index >= 15 is 0 Å². The fraction of sp³-hybridized carbons (Fsp3) is 0.263. The molecule has 8 nitrogen and oxygen atoms in total. The number of likely N-dealkylation sites (tertiary alicyclic amines) is 1. The highest BCUT2D eigenvalue weighted by molar-refractivity contribution is 5.99. The highest BCUT2D eigenvalue weighted by Gasteiger charge is 2.21. The Hall–Kier alpha value is -3.42. The highest BCUT2D eigenvalue weighted by atomic mass is 16.2. The van der Waals surface area contributed by atoms with Crippen LogP contribution in [0.15, 0.2) is 49.1 Å². The van der Waals surface area contributed by atoms with Gasteiger partial charge in [0.1, 0.15) is 5.69 Å². The summed E-state index contributed by atoms with van der Waals surface area (Å²) in [4.78, 5) is 33.8. The molecule has 1 saturated heterocycles. The van der Waals surface area contributed by atoms with Crippen molar-refractivity contribution in [2.75, 3.05) is 13.1 Å². The third-order valence-electron chi connectivity index (χ3n) is 4.57. The first kappa shape index (κ1) is 17.0. The molecule has 3 aromatic heterocycles.